The number of phosphoric ester groups is 1. The molecule has 76 heavy (non-hydrogen) atoms. The maximum atomic E-state index is 12.8. The Balaban J connectivity index is 4.14. The van der Waals surface area contributed by atoms with Crippen molar-refractivity contribution >= 4 is 19.8 Å². The average Bonchev–Trinajstić information content (AvgIpc) is 3.38. The van der Waals surface area contributed by atoms with Crippen LogP contribution in [-0.4, -0.2) is 74.9 Å². The van der Waals surface area contributed by atoms with Gasteiger partial charge in [0.05, 0.1) is 27.7 Å². The maximum Gasteiger partial charge on any atom is 0.472 e. The number of carbonyl (C=O) groups excluding carboxylic acids is 2. The Labute approximate surface area is 469 Å². The molecule has 0 saturated heterocycles. The zero-order valence-electron chi connectivity index (χ0n) is 50.0. The molecule has 0 bridgehead atoms. The number of esters is 2. The van der Waals surface area contributed by atoms with E-state index in [1.165, 1.54) is 154 Å². The molecule has 0 aliphatic rings. The van der Waals surface area contributed by atoms with E-state index in [1.54, 1.807) is 0 Å². The third-order valence-corrected chi connectivity index (χ3v) is 14.4. The van der Waals surface area contributed by atoms with Crippen LogP contribution in [0.1, 0.15) is 271 Å². The van der Waals surface area contributed by atoms with Crippen LogP contribution in [0.4, 0.5) is 0 Å². The molecule has 0 rings (SSSR count). The normalized spacial score (nSPS) is 13.8. The van der Waals surface area contributed by atoms with Crippen molar-refractivity contribution in [1.82, 2.24) is 0 Å². The number of rotatable bonds is 57. The summed E-state index contributed by atoms with van der Waals surface area (Å²) in [4.78, 5) is 35.8. The van der Waals surface area contributed by atoms with E-state index in [2.05, 4.69) is 98.9 Å². The molecule has 0 saturated carbocycles. The van der Waals surface area contributed by atoms with Crippen LogP contribution < -0.4 is 0 Å². The second-order valence-electron chi connectivity index (χ2n) is 22.1. The smallest absolute Gasteiger partial charge is 0.462 e. The van der Waals surface area contributed by atoms with Crippen LogP contribution in [0.15, 0.2) is 85.1 Å². The molecule has 0 aromatic heterocycles. The lowest BCUT2D eigenvalue weighted by molar-refractivity contribution is -0.870. The van der Waals surface area contributed by atoms with E-state index >= 15 is 0 Å². The fraction of sp³-hybridized carbons (Fsp3) is 0.758. The summed E-state index contributed by atoms with van der Waals surface area (Å²) < 4.78 is 34.6. The van der Waals surface area contributed by atoms with Crippen molar-refractivity contribution in [2.45, 2.75) is 277 Å². The van der Waals surface area contributed by atoms with Gasteiger partial charge in [-0.1, -0.05) is 253 Å². The van der Waals surface area contributed by atoms with Crippen molar-refractivity contribution < 1.29 is 42.1 Å². The van der Waals surface area contributed by atoms with E-state index in [0.717, 1.165) is 83.5 Å². The standard InChI is InChI=1S/C66H118NO8P/c1-6-8-10-12-14-16-18-20-22-24-26-28-30-31-32-33-34-35-37-39-41-43-45-47-49-51-53-55-57-59-66(69)75-64(63-74-76(70,71)73-61-60-67(3,4)5)62-72-65(68)58-56-54-52-50-48-46-44-42-40-38-36-29-27-25-23-21-19-17-15-13-11-9-7-2/h8,10,14,16,20,22,25-28,31-32,34-35,64H,6-7,9,11-13,15,17-19,21,23-24,29-30,33,36-63H2,1-5H3/p+1/b10-8-,16-14-,22-20-,27-25-,28-26-,32-31-,35-34-. The van der Waals surface area contributed by atoms with Gasteiger partial charge in [-0.15, -0.1) is 0 Å². The van der Waals surface area contributed by atoms with E-state index in [9.17, 15) is 19.0 Å². The number of nitrogens with zero attached hydrogens (tertiary/aromatic N) is 1. The molecule has 440 valence electrons. The van der Waals surface area contributed by atoms with Crippen LogP contribution in [0.2, 0.25) is 0 Å². The first-order valence-electron chi connectivity index (χ1n) is 31.3. The van der Waals surface area contributed by atoms with Crippen LogP contribution in [-0.2, 0) is 32.7 Å². The lowest BCUT2D eigenvalue weighted by atomic mass is 10.0. The number of hydrogen-bond acceptors (Lipinski definition) is 7. The number of allylic oxidation sites excluding steroid dienone is 14. The van der Waals surface area contributed by atoms with E-state index in [0.29, 0.717) is 17.4 Å². The molecule has 0 heterocycles. The number of phosphoric acid groups is 1. The zero-order valence-corrected chi connectivity index (χ0v) is 50.9. The predicted molar refractivity (Wildman–Crippen MR) is 325 cm³/mol. The quantitative estimate of drug-likeness (QED) is 0.0211. The van der Waals surface area contributed by atoms with E-state index in [4.69, 9.17) is 18.5 Å². The van der Waals surface area contributed by atoms with Gasteiger partial charge in [0.1, 0.15) is 19.8 Å². The molecule has 9 nitrogen and oxygen atoms in total. The lowest BCUT2D eigenvalue weighted by Gasteiger charge is -2.24. The molecule has 0 radical (unpaired) electrons. The van der Waals surface area contributed by atoms with Crippen molar-refractivity contribution in [2.24, 2.45) is 0 Å². The van der Waals surface area contributed by atoms with Crippen LogP contribution >= 0.6 is 7.82 Å². The van der Waals surface area contributed by atoms with Crippen LogP contribution in [0, 0.1) is 0 Å². The summed E-state index contributed by atoms with van der Waals surface area (Å²) in [6, 6.07) is 0. The van der Waals surface area contributed by atoms with Gasteiger partial charge in [0.25, 0.3) is 0 Å². The van der Waals surface area contributed by atoms with Gasteiger partial charge in [-0.3, -0.25) is 18.6 Å². The molecular weight excluding hydrogens is 966 g/mol. The van der Waals surface area contributed by atoms with Crippen molar-refractivity contribution in [3.8, 4) is 0 Å². The number of quaternary nitrogens is 1. The highest BCUT2D eigenvalue weighted by Crippen LogP contribution is 2.43. The van der Waals surface area contributed by atoms with Crippen molar-refractivity contribution in [3.05, 3.63) is 85.1 Å². The predicted octanol–water partition coefficient (Wildman–Crippen LogP) is 19.8. The minimum atomic E-state index is -4.39. The summed E-state index contributed by atoms with van der Waals surface area (Å²) >= 11 is 0. The van der Waals surface area contributed by atoms with Crippen LogP contribution in [0.3, 0.4) is 0 Å². The van der Waals surface area contributed by atoms with Gasteiger partial charge in [0.15, 0.2) is 6.10 Å². The molecule has 10 heteroatoms. The maximum absolute atomic E-state index is 12.8. The summed E-state index contributed by atoms with van der Waals surface area (Å²) in [7, 11) is 1.47. The SMILES string of the molecule is CC/C=C\C/C=C\C/C=C\C/C=C\C/C=C\C/C=C\CCCCCCCCCCCCC(=O)OC(COC(=O)CCCCCCCCCCCCC/C=C\CCCCCCCCCC)COP(=O)(O)OCC[N+](C)(C)C. The number of carbonyl (C=O) groups is 2. The third kappa shape index (κ3) is 60.4. The Kier molecular flexibility index (Phi) is 54.8. The third-order valence-electron chi connectivity index (χ3n) is 13.4. The first-order chi connectivity index (χ1) is 37.0. The van der Waals surface area contributed by atoms with Gasteiger partial charge in [-0.2, -0.15) is 0 Å². The minimum Gasteiger partial charge on any atom is -0.462 e. The molecule has 0 amide bonds. The molecule has 0 aliphatic carbocycles. The largest absolute Gasteiger partial charge is 0.472 e. The van der Waals surface area contributed by atoms with E-state index in [1.807, 2.05) is 21.1 Å². The fourth-order valence-corrected chi connectivity index (χ4v) is 9.34. The Morgan fingerprint density at radius 1 is 0.421 bits per heavy atom. The van der Waals surface area contributed by atoms with Crippen LogP contribution in [0.5, 0.6) is 0 Å². The first kappa shape index (κ1) is 73.2. The molecule has 1 N–H and O–H groups in total. The monoisotopic (exact) mass is 1080 g/mol. The highest BCUT2D eigenvalue weighted by atomic mass is 31.2. The summed E-state index contributed by atoms with van der Waals surface area (Å²) in [5.41, 5.74) is 0. The summed E-state index contributed by atoms with van der Waals surface area (Å²) in [6.45, 7) is 4.34. The Hall–Kier alpha value is -2.81. The van der Waals surface area contributed by atoms with Gasteiger partial charge >= 0.3 is 19.8 Å². The highest BCUT2D eigenvalue weighted by molar-refractivity contribution is 7.47. The van der Waals surface area contributed by atoms with Gasteiger partial charge in [-0.25, -0.2) is 4.57 Å². The summed E-state index contributed by atoms with van der Waals surface area (Å²) in [5, 5.41) is 0. The second kappa shape index (κ2) is 56.9. The molecule has 0 aromatic carbocycles. The highest BCUT2D eigenvalue weighted by Gasteiger charge is 2.27. The Bertz CT molecular complexity index is 1560. The fourth-order valence-electron chi connectivity index (χ4n) is 8.60. The molecule has 2 unspecified atom stereocenters. The van der Waals surface area contributed by atoms with E-state index < -0.39 is 26.5 Å². The van der Waals surface area contributed by atoms with Gasteiger partial charge in [-0.05, 0) is 89.9 Å². The van der Waals surface area contributed by atoms with Crippen molar-refractivity contribution in [2.75, 3.05) is 47.5 Å². The number of ether oxygens (including phenoxy) is 2. The number of hydrogen-bond donors (Lipinski definition) is 1. The summed E-state index contributed by atoms with van der Waals surface area (Å²) in [5.74, 6) is -0.799. The van der Waals surface area contributed by atoms with Crippen molar-refractivity contribution in [1.29, 1.82) is 0 Å². The zero-order chi connectivity index (χ0) is 55.6. The topological polar surface area (TPSA) is 108 Å². The van der Waals surface area contributed by atoms with Crippen molar-refractivity contribution in [3.63, 3.8) is 0 Å². The lowest BCUT2D eigenvalue weighted by Crippen LogP contribution is -2.37. The second-order valence-corrected chi connectivity index (χ2v) is 23.5. The summed E-state index contributed by atoms with van der Waals surface area (Å²) in [6.07, 6.45) is 76.5. The Morgan fingerprint density at radius 2 is 0.750 bits per heavy atom. The molecule has 0 spiro atoms. The van der Waals surface area contributed by atoms with Gasteiger partial charge in [0.2, 0.25) is 0 Å². The minimum absolute atomic E-state index is 0.0280. The number of likely N-dealkylation sites (N-methyl/N-ethyl adjacent to an activating group) is 1. The molecular formula is C66H119NO8P+. The molecule has 0 fully saturated rings. The molecule has 0 aromatic rings. The van der Waals surface area contributed by atoms with Gasteiger partial charge < -0.3 is 18.9 Å². The average molecular weight is 1090 g/mol. The van der Waals surface area contributed by atoms with Gasteiger partial charge in [0, 0.05) is 12.8 Å². The Morgan fingerprint density at radius 3 is 1.13 bits per heavy atom. The van der Waals surface area contributed by atoms with E-state index in [-0.39, 0.29) is 32.0 Å². The molecule has 2 atom stereocenters. The first-order valence-corrected chi connectivity index (χ1v) is 32.8. The molecule has 0 aliphatic heterocycles. The number of unbranched alkanes of at least 4 members (excludes halogenated alkanes) is 29. The van der Waals surface area contributed by atoms with Crippen LogP contribution in [0.25, 0.3) is 0 Å².